The largest absolute Gasteiger partial charge is 1.00 e. The summed E-state index contributed by atoms with van der Waals surface area (Å²) in [6.07, 6.45) is 24.8. The fourth-order valence-electron chi connectivity index (χ4n) is 7.32. The maximum absolute atomic E-state index is 11.0. The van der Waals surface area contributed by atoms with Gasteiger partial charge in [0.25, 0.3) is 0 Å². The predicted molar refractivity (Wildman–Crippen MR) is 216 cm³/mol. The number of aromatic nitrogens is 8. The number of rotatable bonds is 9. The number of aromatic amines is 2. The van der Waals surface area contributed by atoms with Crippen molar-refractivity contribution in [1.82, 2.24) is 34.9 Å². The van der Waals surface area contributed by atoms with Gasteiger partial charge in [-0.15, -0.1) is 0 Å². The normalized spacial score (nSPS) is 11.7. The van der Waals surface area contributed by atoms with Crippen LogP contribution >= 0.6 is 0 Å². The van der Waals surface area contributed by atoms with E-state index in [1.165, 1.54) is 0 Å². The number of hydrogen-bond donors (Lipinski definition) is 3. The third-order valence-corrected chi connectivity index (χ3v) is 9.90. The Labute approximate surface area is 328 Å². The Morgan fingerprint density at radius 3 is 1.18 bits per heavy atom. The zero-order valence-corrected chi connectivity index (χ0v) is 30.9. The van der Waals surface area contributed by atoms with Gasteiger partial charge in [-0.1, -0.05) is 0 Å². The highest BCUT2D eigenvalue weighted by Crippen LogP contribution is 2.38. The van der Waals surface area contributed by atoms with Crippen LogP contribution in [0, 0.1) is 0 Å². The Kier molecular flexibility index (Phi) is 10.1. The summed E-state index contributed by atoms with van der Waals surface area (Å²) in [5, 5.41) is 9.07. The molecule has 274 valence electrons. The molecular formula is C45H35ClN8O2. The van der Waals surface area contributed by atoms with Crippen molar-refractivity contribution < 1.29 is 26.9 Å². The number of aliphatic carboxylic acids is 1. The first-order valence-electron chi connectivity index (χ1n) is 18.2. The molecule has 9 rings (SSSR count). The molecular weight excluding hydrogens is 720 g/mol. The van der Waals surface area contributed by atoms with Crippen LogP contribution in [0.25, 0.3) is 90.9 Å². The first-order valence-corrected chi connectivity index (χ1v) is 18.2. The number of carboxylic acid groups (broad SMARTS) is 1. The summed E-state index contributed by atoms with van der Waals surface area (Å²) < 4.78 is 2.09. The minimum atomic E-state index is -0.767. The number of nitrogens with zero attached hydrogens (tertiary/aromatic N) is 6. The molecule has 0 radical (unpaired) electrons. The third-order valence-electron chi connectivity index (χ3n) is 9.90. The second-order valence-electron chi connectivity index (χ2n) is 13.4. The van der Waals surface area contributed by atoms with Gasteiger partial charge in [0.2, 0.25) is 0 Å². The molecule has 9 heterocycles. The molecule has 56 heavy (non-hydrogen) atoms. The SMILES string of the molecule is O=C(O)CCCC[n+]1ccc(-c2c3nc(c(-c4ccncc4)c4ccc([nH]4)c(-c4ccncc4)c4nc(c(-c5ccncc5)c5ccc2[nH]5)C=C4)C=C3)cc1.[Cl-]. The van der Waals surface area contributed by atoms with Gasteiger partial charge in [-0.2, -0.15) is 0 Å². The van der Waals surface area contributed by atoms with Gasteiger partial charge in [0, 0.05) is 106 Å². The molecule has 0 unspecified atom stereocenters. The van der Waals surface area contributed by atoms with E-state index < -0.39 is 5.97 Å². The van der Waals surface area contributed by atoms with Crippen molar-refractivity contribution >= 4 is 52.3 Å². The Bertz CT molecular complexity index is 2740. The number of aryl methyl sites for hydroxylation is 1. The zero-order chi connectivity index (χ0) is 37.1. The molecule has 0 atom stereocenters. The van der Waals surface area contributed by atoms with Crippen LogP contribution in [-0.4, -0.2) is 46.0 Å². The van der Waals surface area contributed by atoms with Gasteiger partial charge in [0.1, 0.15) is 6.54 Å². The molecule has 0 saturated heterocycles. The van der Waals surface area contributed by atoms with Gasteiger partial charge in [0.15, 0.2) is 12.4 Å². The molecule has 7 aromatic rings. The number of halogens is 1. The van der Waals surface area contributed by atoms with Crippen LogP contribution in [0.5, 0.6) is 0 Å². The molecule has 0 saturated carbocycles. The second-order valence-corrected chi connectivity index (χ2v) is 13.4. The molecule has 11 heteroatoms. The summed E-state index contributed by atoms with van der Waals surface area (Å²) in [6.45, 7) is 0.732. The van der Waals surface area contributed by atoms with Crippen LogP contribution in [0.4, 0.5) is 0 Å². The molecule has 10 nitrogen and oxygen atoms in total. The maximum Gasteiger partial charge on any atom is 0.303 e. The summed E-state index contributed by atoms with van der Waals surface area (Å²) in [6, 6.07) is 24.6. The molecule has 0 aliphatic carbocycles. The van der Waals surface area contributed by atoms with E-state index in [4.69, 9.17) is 15.1 Å². The summed E-state index contributed by atoms with van der Waals surface area (Å²) in [7, 11) is 0. The Hall–Kier alpha value is -7.04. The molecule has 2 aliphatic rings. The van der Waals surface area contributed by atoms with Crippen molar-refractivity contribution in [2.24, 2.45) is 0 Å². The van der Waals surface area contributed by atoms with E-state index in [1.807, 2.05) is 48.8 Å². The molecule has 0 aromatic carbocycles. The Balaban J connectivity index is 0.00000441. The number of pyridine rings is 4. The first kappa shape index (κ1) is 36.0. The number of fused-ring (bicyclic) bond motifs is 8. The summed E-state index contributed by atoms with van der Waals surface area (Å²) in [5.74, 6) is -0.767. The van der Waals surface area contributed by atoms with Crippen molar-refractivity contribution in [3.63, 3.8) is 0 Å². The van der Waals surface area contributed by atoms with Crippen molar-refractivity contribution in [3.8, 4) is 44.5 Å². The van der Waals surface area contributed by atoms with Gasteiger partial charge in [-0.25, -0.2) is 14.5 Å². The number of nitrogens with one attached hydrogen (secondary N) is 2. The molecule has 7 aromatic heterocycles. The first-order chi connectivity index (χ1) is 27.1. The molecule has 3 N–H and O–H groups in total. The van der Waals surface area contributed by atoms with Crippen LogP contribution in [0.3, 0.4) is 0 Å². The highest BCUT2D eigenvalue weighted by atomic mass is 35.5. The number of carboxylic acids is 1. The smallest absolute Gasteiger partial charge is 0.303 e. The lowest BCUT2D eigenvalue weighted by Gasteiger charge is -2.06. The predicted octanol–water partition coefficient (Wildman–Crippen LogP) is 6.06. The van der Waals surface area contributed by atoms with E-state index in [0.29, 0.717) is 6.42 Å². The zero-order valence-electron chi connectivity index (χ0n) is 30.1. The summed E-state index contributed by atoms with van der Waals surface area (Å²) >= 11 is 0. The fourth-order valence-corrected chi connectivity index (χ4v) is 7.32. The van der Waals surface area contributed by atoms with Gasteiger partial charge in [-0.3, -0.25) is 19.7 Å². The minimum absolute atomic E-state index is 0. The van der Waals surface area contributed by atoms with Crippen LogP contribution in [0.2, 0.25) is 0 Å². The van der Waals surface area contributed by atoms with Crippen molar-refractivity contribution in [2.75, 3.05) is 0 Å². The van der Waals surface area contributed by atoms with Crippen molar-refractivity contribution in [3.05, 3.63) is 145 Å². The molecule has 0 amide bonds. The Morgan fingerprint density at radius 1 is 0.500 bits per heavy atom. The standard InChI is InChI=1S/C45H34N8O2.ClH/c54-41(55)3-1-2-26-53-27-18-32(19-28-53)45-39-10-8-37(51-39)43(30-14-22-47-23-15-30)35-6-4-33(49-35)42(29-12-20-46-21-13-29)34-5-7-36(50-34)44(31-16-24-48-25-17-31)38-9-11-40(45)52-38;/h4-25,27-28H,1-3,26H2,(H2,49,50,51,52,54,55);1H. The average Bonchev–Trinajstić information content (AvgIpc) is 4.06. The van der Waals surface area contributed by atoms with E-state index in [0.717, 1.165) is 102 Å². The number of carbonyl (C=O) groups is 1. The van der Waals surface area contributed by atoms with Gasteiger partial charge in [-0.05, 0) is 114 Å². The fraction of sp³-hybridized carbons (Fsp3) is 0.0889. The number of hydrogen-bond acceptors (Lipinski definition) is 6. The van der Waals surface area contributed by atoms with Crippen LogP contribution < -0.4 is 17.0 Å². The Morgan fingerprint density at radius 2 is 0.839 bits per heavy atom. The van der Waals surface area contributed by atoms with Crippen LogP contribution in [0.1, 0.15) is 42.0 Å². The van der Waals surface area contributed by atoms with E-state index in [1.54, 1.807) is 37.2 Å². The lowest BCUT2D eigenvalue weighted by Crippen LogP contribution is -3.00. The van der Waals surface area contributed by atoms with E-state index >= 15 is 0 Å². The quantitative estimate of drug-likeness (QED) is 0.121. The topological polar surface area (TPSA) is 137 Å². The van der Waals surface area contributed by atoms with Crippen LogP contribution in [-0.2, 0) is 11.3 Å². The van der Waals surface area contributed by atoms with Gasteiger partial charge >= 0.3 is 5.97 Å². The van der Waals surface area contributed by atoms with E-state index in [9.17, 15) is 4.79 Å². The number of H-pyrrole nitrogens is 2. The molecule has 8 bridgehead atoms. The summed E-state index contributed by atoms with van der Waals surface area (Å²) in [4.78, 5) is 42.1. The lowest BCUT2D eigenvalue weighted by molar-refractivity contribution is -0.697. The number of unbranched alkanes of at least 4 members (excludes halogenated alkanes) is 1. The average molecular weight is 755 g/mol. The van der Waals surface area contributed by atoms with Crippen molar-refractivity contribution in [1.29, 1.82) is 0 Å². The highest BCUT2D eigenvalue weighted by molar-refractivity contribution is 5.99. The molecule has 0 fully saturated rings. The molecule has 0 spiro atoms. The van der Waals surface area contributed by atoms with Gasteiger partial charge < -0.3 is 27.5 Å². The third kappa shape index (κ3) is 7.13. The van der Waals surface area contributed by atoms with E-state index in [-0.39, 0.29) is 18.8 Å². The van der Waals surface area contributed by atoms with Crippen LogP contribution in [0.15, 0.2) is 122 Å². The summed E-state index contributed by atoms with van der Waals surface area (Å²) in [5.41, 5.74) is 14.7. The monoisotopic (exact) mass is 754 g/mol. The highest BCUT2D eigenvalue weighted by Gasteiger charge is 2.19. The van der Waals surface area contributed by atoms with Crippen molar-refractivity contribution in [2.45, 2.75) is 25.8 Å². The lowest BCUT2D eigenvalue weighted by atomic mass is 10.0. The maximum atomic E-state index is 11.0. The van der Waals surface area contributed by atoms with E-state index in [2.05, 4.69) is 90.2 Å². The molecule has 2 aliphatic heterocycles. The second kappa shape index (κ2) is 15.7. The van der Waals surface area contributed by atoms with Gasteiger partial charge in [0.05, 0.1) is 22.8 Å². The minimum Gasteiger partial charge on any atom is -1.00 e.